The highest BCUT2D eigenvalue weighted by Crippen LogP contribution is 2.52. The molecule has 6 rings (SSSR count). The highest BCUT2D eigenvalue weighted by Gasteiger charge is 2.65. The summed E-state index contributed by atoms with van der Waals surface area (Å²) >= 11 is 0. The number of nitrogens with zero attached hydrogens (tertiary/aromatic N) is 3. The Kier molecular flexibility index (Phi) is 4.36. The molecule has 3 aliphatic heterocycles. The van der Waals surface area contributed by atoms with E-state index >= 15 is 0 Å². The van der Waals surface area contributed by atoms with E-state index in [1.165, 1.54) is 4.90 Å². The molecule has 3 amide bonds. The van der Waals surface area contributed by atoms with Crippen molar-refractivity contribution in [2.24, 2.45) is 16.9 Å². The fraction of sp³-hybridized carbons (Fsp3) is 0.154. The lowest BCUT2D eigenvalue weighted by Gasteiger charge is -2.33. The number of anilines is 2. The molecule has 2 saturated heterocycles. The lowest BCUT2D eigenvalue weighted by molar-refractivity contribution is -0.129. The molecule has 7 heteroatoms. The SMILES string of the molecule is O=C(Nc1ccccc1)[C@@H]1[C@@H]2C(=O)N(c3ccccc3)C(=O)[C@H]2[C@@H]2c3ccccc3C=NN12. The number of rotatable bonds is 3. The number of carbonyl (C=O) groups is 3. The number of fused-ring (bicyclic) bond motifs is 5. The minimum Gasteiger partial charge on any atom is -0.324 e. The standard InChI is InChI=1S/C26H20N4O3/c31-24(28-17-10-3-1-4-11-17)23-21-20(22-19-14-8-7-9-16(19)15-27-30(22)23)25(32)29(26(21)33)18-12-5-2-6-13-18/h1-15,20-23H,(H,28,31)/t20-,21-,22+,23+/m1/s1. The van der Waals surface area contributed by atoms with Crippen LogP contribution in [0.5, 0.6) is 0 Å². The van der Waals surface area contributed by atoms with Crippen LogP contribution in [0, 0.1) is 11.8 Å². The smallest absolute Gasteiger partial charge is 0.249 e. The second-order valence-corrected chi connectivity index (χ2v) is 8.40. The maximum Gasteiger partial charge on any atom is 0.249 e. The van der Waals surface area contributed by atoms with Gasteiger partial charge in [-0.05, 0) is 35.4 Å². The van der Waals surface area contributed by atoms with Gasteiger partial charge in [0.1, 0.15) is 6.04 Å². The van der Waals surface area contributed by atoms with Gasteiger partial charge in [-0.1, -0.05) is 60.7 Å². The Labute approximate surface area is 190 Å². The van der Waals surface area contributed by atoms with E-state index in [-0.39, 0.29) is 17.7 Å². The van der Waals surface area contributed by atoms with Gasteiger partial charge in [-0.25, -0.2) is 4.90 Å². The average Bonchev–Trinajstić information content (AvgIpc) is 3.33. The van der Waals surface area contributed by atoms with Crippen LogP contribution < -0.4 is 10.2 Å². The fourth-order valence-corrected chi connectivity index (χ4v) is 5.24. The van der Waals surface area contributed by atoms with Gasteiger partial charge in [0.15, 0.2) is 0 Å². The van der Waals surface area contributed by atoms with Crippen LogP contribution >= 0.6 is 0 Å². The number of hydrogen-bond donors (Lipinski definition) is 1. The van der Waals surface area contributed by atoms with Crippen LogP contribution in [-0.4, -0.2) is 35.0 Å². The van der Waals surface area contributed by atoms with Gasteiger partial charge in [-0.3, -0.25) is 19.4 Å². The van der Waals surface area contributed by atoms with Gasteiger partial charge >= 0.3 is 0 Å². The van der Waals surface area contributed by atoms with E-state index in [1.54, 1.807) is 47.6 Å². The zero-order valence-corrected chi connectivity index (χ0v) is 17.5. The Morgan fingerprint density at radius 2 is 1.42 bits per heavy atom. The largest absolute Gasteiger partial charge is 0.324 e. The molecular weight excluding hydrogens is 416 g/mol. The third-order valence-corrected chi connectivity index (χ3v) is 6.62. The molecule has 0 saturated carbocycles. The first kappa shape index (κ1) is 19.4. The highest BCUT2D eigenvalue weighted by molar-refractivity contribution is 6.24. The van der Waals surface area contributed by atoms with Gasteiger partial charge in [-0.15, -0.1) is 0 Å². The van der Waals surface area contributed by atoms with Crippen molar-refractivity contribution in [3.8, 4) is 0 Å². The summed E-state index contributed by atoms with van der Waals surface area (Å²) in [6.45, 7) is 0. The van der Waals surface area contributed by atoms with Gasteiger partial charge in [-0.2, -0.15) is 5.10 Å². The van der Waals surface area contributed by atoms with Crippen molar-refractivity contribution in [2.75, 3.05) is 10.2 Å². The molecule has 7 nitrogen and oxygen atoms in total. The topological polar surface area (TPSA) is 82.1 Å². The number of hydrazone groups is 1. The predicted octanol–water partition coefficient (Wildman–Crippen LogP) is 3.20. The highest BCUT2D eigenvalue weighted by atomic mass is 16.2. The Balaban J connectivity index is 1.45. The minimum absolute atomic E-state index is 0.298. The van der Waals surface area contributed by atoms with Crippen LogP contribution in [0.2, 0.25) is 0 Å². The molecule has 3 aromatic rings. The lowest BCUT2D eigenvalue weighted by atomic mass is 9.85. The fourth-order valence-electron chi connectivity index (χ4n) is 5.24. The minimum atomic E-state index is -0.907. The first-order valence-electron chi connectivity index (χ1n) is 10.8. The third kappa shape index (κ3) is 2.89. The number of amides is 3. The van der Waals surface area contributed by atoms with Crippen molar-refractivity contribution in [1.29, 1.82) is 0 Å². The van der Waals surface area contributed by atoms with Crippen LogP contribution in [0.4, 0.5) is 11.4 Å². The van der Waals surface area contributed by atoms with Crippen molar-refractivity contribution >= 4 is 35.3 Å². The van der Waals surface area contributed by atoms with Gasteiger partial charge in [0.25, 0.3) is 0 Å². The van der Waals surface area contributed by atoms with E-state index in [1.807, 2.05) is 48.5 Å². The van der Waals surface area contributed by atoms with Gasteiger partial charge in [0.2, 0.25) is 17.7 Å². The Morgan fingerprint density at radius 1 is 0.788 bits per heavy atom. The lowest BCUT2D eigenvalue weighted by Crippen LogP contribution is -2.46. The number of nitrogens with one attached hydrogen (secondary N) is 1. The maximum absolute atomic E-state index is 13.7. The van der Waals surface area contributed by atoms with Gasteiger partial charge in [0.05, 0.1) is 29.8 Å². The second-order valence-electron chi connectivity index (χ2n) is 8.40. The number of hydrogen-bond acceptors (Lipinski definition) is 5. The quantitative estimate of drug-likeness (QED) is 0.640. The second kappa shape index (κ2) is 7.41. The summed E-state index contributed by atoms with van der Waals surface area (Å²) in [5.74, 6) is -2.57. The summed E-state index contributed by atoms with van der Waals surface area (Å²) in [6, 6.07) is 24.2. The first-order valence-corrected chi connectivity index (χ1v) is 10.8. The van der Waals surface area contributed by atoms with Crippen molar-refractivity contribution in [3.63, 3.8) is 0 Å². The zero-order chi connectivity index (χ0) is 22.5. The molecule has 3 aliphatic rings. The average molecular weight is 436 g/mol. The molecule has 4 atom stereocenters. The molecular formula is C26H20N4O3. The maximum atomic E-state index is 13.7. The number of benzene rings is 3. The Morgan fingerprint density at radius 3 is 2.18 bits per heavy atom. The Hall–Kier alpha value is -4.26. The summed E-state index contributed by atoms with van der Waals surface area (Å²) < 4.78 is 0. The van der Waals surface area contributed by atoms with Crippen LogP contribution in [-0.2, 0) is 14.4 Å². The van der Waals surface area contributed by atoms with Crippen molar-refractivity contribution < 1.29 is 14.4 Å². The monoisotopic (exact) mass is 436 g/mol. The van der Waals surface area contributed by atoms with Crippen molar-refractivity contribution in [1.82, 2.24) is 5.01 Å². The molecule has 2 fully saturated rings. The molecule has 1 N–H and O–H groups in total. The van der Waals surface area contributed by atoms with Crippen molar-refractivity contribution in [3.05, 3.63) is 96.1 Å². The first-order chi connectivity index (χ1) is 16.1. The number of carbonyl (C=O) groups excluding carboxylic acids is 3. The normalized spacial score (nSPS) is 25.0. The summed E-state index contributed by atoms with van der Waals surface area (Å²) in [7, 11) is 0. The van der Waals surface area contributed by atoms with E-state index < -0.39 is 23.9 Å². The van der Waals surface area contributed by atoms with Crippen LogP contribution in [0.25, 0.3) is 0 Å². The third-order valence-electron chi connectivity index (χ3n) is 6.62. The molecule has 0 unspecified atom stereocenters. The van der Waals surface area contributed by atoms with Crippen LogP contribution in [0.3, 0.4) is 0 Å². The summed E-state index contributed by atoms with van der Waals surface area (Å²) in [5, 5.41) is 9.10. The summed E-state index contributed by atoms with van der Waals surface area (Å²) in [4.78, 5) is 42.1. The van der Waals surface area contributed by atoms with E-state index in [4.69, 9.17) is 0 Å². The van der Waals surface area contributed by atoms with Gasteiger partial charge in [0, 0.05) is 5.69 Å². The Bertz CT molecular complexity index is 1290. The predicted molar refractivity (Wildman–Crippen MR) is 123 cm³/mol. The molecule has 0 aliphatic carbocycles. The van der Waals surface area contributed by atoms with E-state index in [0.717, 1.165) is 11.1 Å². The zero-order valence-electron chi connectivity index (χ0n) is 17.5. The van der Waals surface area contributed by atoms with Crippen LogP contribution in [0.1, 0.15) is 17.2 Å². The number of imide groups is 1. The van der Waals surface area contributed by atoms with Crippen molar-refractivity contribution in [2.45, 2.75) is 12.1 Å². The molecule has 0 spiro atoms. The molecule has 33 heavy (non-hydrogen) atoms. The van der Waals surface area contributed by atoms with Gasteiger partial charge < -0.3 is 5.32 Å². The molecule has 0 radical (unpaired) electrons. The summed E-state index contributed by atoms with van der Waals surface area (Å²) in [6.07, 6.45) is 1.69. The molecule has 0 bridgehead atoms. The molecule has 3 heterocycles. The van der Waals surface area contributed by atoms with E-state index in [9.17, 15) is 14.4 Å². The summed E-state index contributed by atoms with van der Waals surface area (Å²) in [5.41, 5.74) is 2.93. The van der Waals surface area contributed by atoms with E-state index in [0.29, 0.717) is 11.4 Å². The molecule has 0 aromatic heterocycles. The molecule has 162 valence electrons. The number of para-hydroxylation sites is 2. The molecule has 3 aromatic carbocycles. The van der Waals surface area contributed by atoms with E-state index in [2.05, 4.69) is 10.4 Å². The van der Waals surface area contributed by atoms with Crippen LogP contribution in [0.15, 0.2) is 90.0 Å².